The van der Waals surface area contributed by atoms with Crippen LogP contribution in [0, 0.1) is 0 Å². The third-order valence-corrected chi connectivity index (χ3v) is 7.19. The van der Waals surface area contributed by atoms with Crippen molar-refractivity contribution < 1.29 is 8.42 Å². The molecule has 0 aliphatic carbocycles. The first-order valence-electron chi connectivity index (χ1n) is 10.9. The van der Waals surface area contributed by atoms with E-state index in [1.165, 1.54) is 24.6 Å². The first-order valence-corrected chi connectivity index (χ1v) is 15.1. The Hall–Kier alpha value is 0.530. The molecule has 1 N–H and O–H groups in total. The van der Waals surface area contributed by atoms with Crippen LogP contribution in [-0.2, 0) is 21.6 Å². The van der Waals surface area contributed by atoms with Gasteiger partial charge in [0.25, 0.3) is 0 Å². The Bertz CT molecular complexity index is 326. The molecular formula is C22H57N3O2S3. The summed E-state index contributed by atoms with van der Waals surface area (Å²) in [6.07, 6.45) is 0. The average molecular weight is 492 g/mol. The quantitative estimate of drug-likeness (QED) is 0.552. The van der Waals surface area contributed by atoms with E-state index in [-0.39, 0.29) is 14.9 Å². The Morgan fingerprint density at radius 1 is 0.633 bits per heavy atom. The first-order chi connectivity index (χ1) is 13.6. The maximum Gasteiger partial charge on any atom is 0.0362 e. The lowest BCUT2D eigenvalue weighted by molar-refractivity contribution is 0.367. The monoisotopic (exact) mass is 491 g/mol. The summed E-state index contributed by atoms with van der Waals surface area (Å²) in [5.74, 6) is 6.10. The minimum Gasteiger partial charge on any atom is -0.315 e. The molecule has 0 aromatic rings. The molecular weight excluding hydrogens is 434 g/mol. The van der Waals surface area contributed by atoms with Crippen LogP contribution in [0.15, 0.2) is 0 Å². The molecule has 0 atom stereocenters. The van der Waals surface area contributed by atoms with E-state index in [9.17, 15) is 8.42 Å². The van der Waals surface area contributed by atoms with Gasteiger partial charge in [0.05, 0.1) is 0 Å². The first kappa shape index (κ1) is 40.8. The zero-order chi connectivity index (χ0) is 22.2. The van der Waals surface area contributed by atoms with Crippen LogP contribution >= 0.6 is 11.8 Å². The molecule has 190 valence electrons. The Morgan fingerprint density at radius 2 is 0.967 bits per heavy atom. The largest absolute Gasteiger partial charge is 0.315 e. The minimum absolute atomic E-state index is 0. The van der Waals surface area contributed by atoms with Crippen LogP contribution in [0.1, 0.15) is 56.4 Å². The maximum atomic E-state index is 10.7. The molecule has 8 heteroatoms. The third kappa shape index (κ3) is 30.7. The lowest BCUT2D eigenvalue weighted by atomic mass is 10.6. The molecule has 30 heavy (non-hydrogen) atoms. The third-order valence-electron chi connectivity index (χ3n) is 3.65. The van der Waals surface area contributed by atoms with E-state index < -0.39 is 21.6 Å². The van der Waals surface area contributed by atoms with Gasteiger partial charge in [-0.05, 0) is 14.1 Å². The number of hydrogen-bond acceptors (Lipinski definition) is 6. The standard InChI is InChI=1S/C5H11NOS.C5H11NS.C4H9NOS.3C2H6.2CH4/c1-6-2-4-8(7)5-3-6;1-6-2-4-7-5-3-6;6-7-3-1-5-2-4-7;3*1-2;;/h2-5H2,1H3;2-5H2,1H3;5H,1-4H2;3*1-2H3;2*1H4. The predicted molar refractivity (Wildman–Crippen MR) is 148 cm³/mol. The van der Waals surface area contributed by atoms with Gasteiger partial charge < -0.3 is 15.1 Å². The molecule has 0 radical (unpaired) electrons. The van der Waals surface area contributed by atoms with Crippen LogP contribution in [0.5, 0.6) is 0 Å². The van der Waals surface area contributed by atoms with Crippen molar-refractivity contribution >= 4 is 33.4 Å². The van der Waals surface area contributed by atoms with Crippen LogP contribution in [-0.4, -0.2) is 106 Å². The predicted octanol–water partition coefficient (Wildman–Crippen LogP) is 4.03. The molecule has 3 aliphatic heterocycles. The second kappa shape index (κ2) is 34.2. The summed E-state index contributed by atoms with van der Waals surface area (Å²) in [5.41, 5.74) is 0. The van der Waals surface area contributed by atoms with Crippen molar-refractivity contribution in [2.75, 3.05) is 87.9 Å². The van der Waals surface area contributed by atoms with Crippen molar-refractivity contribution in [2.45, 2.75) is 56.4 Å². The highest BCUT2D eigenvalue weighted by Crippen LogP contribution is 2.05. The summed E-state index contributed by atoms with van der Waals surface area (Å²) < 4.78 is 21.2. The molecule has 0 amide bonds. The summed E-state index contributed by atoms with van der Waals surface area (Å²) in [4.78, 5) is 4.58. The van der Waals surface area contributed by atoms with Gasteiger partial charge in [0.2, 0.25) is 0 Å². The fourth-order valence-corrected chi connectivity index (χ4v) is 5.25. The van der Waals surface area contributed by atoms with Gasteiger partial charge >= 0.3 is 0 Å². The molecule has 0 saturated carbocycles. The van der Waals surface area contributed by atoms with Gasteiger partial charge in [0.15, 0.2) is 0 Å². The SMILES string of the molecule is C.C.CC.CC.CC.CN1CCS(=O)CC1.CN1CCSCC1.O=S1CCNCC1. The zero-order valence-corrected chi connectivity index (χ0v) is 22.4. The van der Waals surface area contributed by atoms with E-state index in [2.05, 4.69) is 41.0 Å². The Morgan fingerprint density at radius 3 is 1.20 bits per heavy atom. The molecule has 0 bridgehead atoms. The summed E-state index contributed by atoms with van der Waals surface area (Å²) in [6.45, 7) is 18.5. The normalized spacial score (nSPS) is 19.3. The van der Waals surface area contributed by atoms with E-state index in [4.69, 9.17) is 0 Å². The molecule has 3 fully saturated rings. The number of nitrogens with one attached hydrogen (secondary N) is 1. The second-order valence-electron chi connectivity index (χ2n) is 5.67. The van der Waals surface area contributed by atoms with Gasteiger partial charge in [0, 0.05) is 95.4 Å². The minimum atomic E-state index is -0.503. The van der Waals surface area contributed by atoms with Crippen molar-refractivity contribution in [3.8, 4) is 0 Å². The van der Waals surface area contributed by atoms with Gasteiger partial charge in [-0.15, -0.1) is 0 Å². The number of rotatable bonds is 0. The molecule has 3 rings (SSSR count). The highest BCUT2D eigenvalue weighted by molar-refractivity contribution is 7.99. The van der Waals surface area contributed by atoms with Crippen molar-refractivity contribution in [1.29, 1.82) is 0 Å². The van der Waals surface area contributed by atoms with E-state index in [1.807, 2.05) is 41.5 Å². The van der Waals surface area contributed by atoms with Crippen LogP contribution in [0.2, 0.25) is 0 Å². The lowest BCUT2D eigenvalue weighted by Gasteiger charge is -2.20. The van der Waals surface area contributed by atoms with Crippen LogP contribution < -0.4 is 5.32 Å². The molecule has 0 unspecified atom stereocenters. The van der Waals surface area contributed by atoms with Crippen LogP contribution in [0.3, 0.4) is 0 Å². The summed E-state index contributed by atoms with van der Waals surface area (Å²) in [7, 11) is 3.24. The topological polar surface area (TPSA) is 52.7 Å². The second-order valence-corrected chi connectivity index (χ2v) is 10.3. The highest BCUT2D eigenvalue weighted by atomic mass is 32.2. The maximum absolute atomic E-state index is 10.7. The van der Waals surface area contributed by atoms with Crippen molar-refractivity contribution in [3.63, 3.8) is 0 Å². The van der Waals surface area contributed by atoms with Crippen molar-refractivity contribution in [3.05, 3.63) is 0 Å². The van der Waals surface area contributed by atoms with Crippen LogP contribution in [0.4, 0.5) is 0 Å². The Kier molecular flexibility index (Phi) is 46.5. The van der Waals surface area contributed by atoms with Gasteiger partial charge in [-0.2, -0.15) is 11.8 Å². The van der Waals surface area contributed by atoms with Gasteiger partial charge in [-0.1, -0.05) is 56.4 Å². The van der Waals surface area contributed by atoms with E-state index in [0.29, 0.717) is 0 Å². The van der Waals surface area contributed by atoms with E-state index >= 15 is 0 Å². The lowest BCUT2D eigenvalue weighted by Crippen LogP contribution is -2.34. The Balaban J connectivity index is -0.0000000900. The molecule has 0 spiro atoms. The molecule has 0 aromatic carbocycles. The van der Waals surface area contributed by atoms with Gasteiger partial charge in [-0.3, -0.25) is 8.42 Å². The number of hydrogen-bond donors (Lipinski definition) is 1. The molecule has 5 nitrogen and oxygen atoms in total. The summed E-state index contributed by atoms with van der Waals surface area (Å²) in [5, 5.41) is 3.12. The molecule has 0 aromatic heterocycles. The fourth-order valence-electron chi connectivity index (χ4n) is 1.98. The number of thioether (sulfide) groups is 1. The average Bonchev–Trinajstić information content (AvgIpc) is 2.77. The molecule has 3 saturated heterocycles. The van der Waals surface area contributed by atoms with E-state index in [0.717, 1.165) is 49.2 Å². The highest BCUT2D eigenvalue weighted by Gasteiger charge is 2.09. The Labute approximate surface area is 200 Å². The smallest absolute Gasteiger partial charge is 0.0362 e. The number of nitrogens with zero attached hydrogens (tertiary/aromatic N) is 2. The summed E-state index contributed by atoms with van der Waals surface area (Å²) in [6, 6.07) is 0. The van der Waals surface area contributed by atoms with Gasteiger partial charge in [0.1, 0.15) is 0 Å². The van der Waals surface area contributed by atoms with E-state index in [1.54, 1.807) is 0 Å². The zero-order valence-electron chi connectivity index (χ0n) is 19.9. The molecule has 3 aliphatic rings. The van der Waals surface area contributed by atoms with Crippen molar-refractivity contribution in [1.82, 2.24) is 15.1 Å². The molecule has 3 heterocycles. The van der Waals surface area contributed by atoms with Crippen molar-refractivity contribution in [2.24, 2.45) is 0 Å². The summed E-state index contributed by atoms with van der Waals surface area (Å²) >= 11 is 2.06. The van der Waals surface area contributed by atoms with Gasteiger partial charge in [-0.25, -0.2) is 0 Å². The fraction of sp³-hybridized carbons (Fsp3) is 1.00. The van der Waals surface area contributed by atoms with Crippen LogP contribution in [0.25, 0.3) is 0 Å².